The highest BCUT2D eigenvalue weighted by Gasteiger charge is 2.36. The van der Waals surface area contributed by atoms with Gasteiger partial charge < -0.3 is 0 Å². The maximum Gasteiger partial charge on any atom is 0.300 e. The van der Waals surface area contributed by atoms with Crippen molar-refractivity contribution in [3.8, 4) is 0 Å². The molecule has 0 N–H and O–H groups in total. The fourth-order valence-electron chi connectivity index (χ4n) is 2.27. The molecule has 0 spiro atoms. The summed E-state index contributed by atoms with van der Waals surface area (Å²) in [5.41, 5.74) is -0.365. The van der Waals surface area contributed by atoms with Gasteiger partial charge in [-0.25, -0.2) is 8.42 Å². The highest BCUT2D eigenvalue weighted by molar-refractivity contribution is 7.91. The normalized spacial score (nSPS) is 25.1. The topological polar surface area (TPSA) is 83.8 Å². The lowest BCUT2D eigenvalue weighted by molar-refractivity contribution is -0.384. The zero-order valence-electron chi connectivity index (χ0n) is 11.8. The maximum atomic E-state index is 12.6. The highest BCUT2D eigenvalue weighted by Crippen LogP contribution is 2.38. The Kier molecular flexibility index (Phi) is 4.60. The standard InChI is InChI=1S/C11H16ClN3O4S2/c1-7-5-14(6-8(2)13(7)3)21(18,19)10-4-9(15(16)17)11(12)20-10/h4,7-8H,5-6H2,1-3H3. The summed E-state index contributed by atoms with van der Waals surface area (Å²) in [6.07, 6.45) is 0. The lowest BCUT2D eigenvalue weighted by Gasteiger charge is -2.41. The first-order valence-electron chi connectivity index (χ1n) is 6.30. The number of halogens is 1. The predicted molar refractivity (Wildman–Crippen MR) is 81.4 cm³/mol. The number of likely N-dealkylation sites (N-methyl/N-ethyl adjacent to an activating group) is 1. The van der Waals surface area contributed by atoms with Crippen LogP contribution < -0.4 is 0 Å². The molecule has 1 fully saturated rings. The maximum absolute atomic E-state index is 12.6. The first-order chi connectivity index (χ1) is 9.64. The zero-order valence-corrected chi connectivity index (χ0v) is 14.2. The molecule has 1 aromatic rings. The minimum absolute atomic E-state index is 0.0777. The van der Waals surface area contributed by atoms with Crippen molar-refractivity contribution in [2.75, 3.05) is 20.1 Å². The number of nitro groups is 1. The second-order valence-electron chi connectivity index (χ2n) is 5.17. The largest absolute Gasteiger partial charge is 0.300 e. The molecule has 21 heavy (non-hydrogen) atoms. The molecule has 2 rings (SSSR count). The van der Waals surface area contributed by atoms with E-state index in [1.54, 1.807) is 0 Å². The van der Waals surface area contributed by atoms with Crippen molar-refractivity contribution in [3.63, 3.8) is 0 Å². The molecular formula is C11H16ClN3O4S2. The van der Waals surface area contributed by atoms with Crippen molar-refractivity contribution in [3.05, 3.63) is 20.5 Å². The van der Waals surface area contributed by atoms with Crippen LogP contribution in [0.25, 0.3) is 0 Å². The number of piperazine rings is 1. The SMILES string of the molecule is CC1CN(S(=O)(=O)c2cc([N+](=O)[O-])c(Cl)s2)CC(C)N1C. The summed E-state index contributed by atoms with van der Waals surface area (Å²) in [7, 11) is -1.80. The van der Waals surface area contributed by atoms with Crippen LogP contribution in [0.4, 0.5) is 5.69 Å². The summed E-state index contributed by atoms with van der Waals surface area (Å²) in [6.45, 7) is 4.60. The molecule has 0 saturated carbocycles. The van der Waals surface area contributed by atoms with Crippen LogP contribution in [-0.2, 0) is 10.0 Å². The number of hydrogen-bond acceptors (Lipinski definition) is 6. The fourth-order valence-corrected chi connectivity index (χ4v) is 5.69. The molecule has 1 saturated heterocycles. The quantitative estimate of drug-likeness (QED) is 0.613. The van der Waals surface area contributed by atoms with E-state index in [0.717, 1.165) is 17.4 Å². The van der Waals surface area contributed by atoms with E-state index in [0.29, 0.717) is 13.1 Å². The van der Waals surface area contributed by atoms with Crippen LogP contribution in [-0.4, -0.2) is 54.8 Å². The Balaban J connectivity index is 2.34. The molecule has 0 bridgehead atoms. The van der Waals surface area contributed by atoms with E-state index < -0.39 is 14.9 Å². The molecule has 1 aliphatic rings. The smallest absolute Gasteiger partial charge is 0.298 e. The van der Waals surface area contributed by atoms with Gasteiger partial charge in [0.2, 0.25) is 0 Å². The second-order valence-corrected chi connectivity index (χ2v) is 8.99. The van der Waals surface area contributed by atoms with E-state index in [-0.39, 0.29) is 26.3 Å². The van der Waals surface area contributed by atoms with Crippen molar-refractivity contribution in [2.45, 2.75) is 30.1 Å². The molecule has 2 heterocycles. The number of nitrogens with zero attached hydrogens (tertiary/aromatic N) is 3. The molecule has 118 valence electrons. The molecule has 0 amide bonds. The molecule has 1 aliphatic heterocycles. The summed E-state index contributed by atoms with van der Waals surface area (Å²) in [4.78, 5) is 12.2. The minimum atomic E-state index is -3.75. The van der Waals surface area contributed by atoms with Gasteiger partial charge >= 0.3 is 0 Å². The molecule has 2 atom stereocenters. The van der Waals surface area contributed by atoms with Crippen LogP contribution in [0.1, 0.15) is 13.8 Å². The van der Waals surface area contributed by atoms with Gasteiger partial charge in [-0.05, 0) is 20.9 Å². The molecular weight excluding hydrogens is 338 g/mol. The lowest BCUT2D eigenvalue weighted by atomic mass is 10.1. The highest BCUT2D eigenvalue weighted by atomic mass is 35.5. The average molecular weight is 354 g/mol. The van der Waals surface area contributed by atoms with Crippen molar-refractivity contribution in [1.82, 2.24) is 9.21 Å². The van der Waals surface area contributed by atoms with Gasteiger partial charge in [-0.3, -0.25) is 15.0 Å². The van der Waals surface area contributed by atoms with Crippen LogP contribution in [0.5, 0.6) is 0 Å². The monoisotopic (exact) mass is 353 g/mol. The van der Waals surface area contributed by atoms with Gasteiger partial charge in [0.05, 0.1) is 4.92 Å². The van der Waals surface area contributed by atoms with Gasteiger partial charge in [-0.1, -0.05) is 11.6 Å². The van der Waals surface area contributed by atoms with E-state index in [9.17, 15) is 18.5 Å². The lowest BCUT2D eigenvalue weighted by Crippen LogP contribution is -2.56. The van der Waals surface area contributed by atoms with Crippen LogP contribution >= 0.6 is 22.9 Å². The predicted octanol–water partition coefficient (Wildman–Crippen LogP) is 2.02. The van der Waals surface area contributed by atoms with E-state index in [1.807, 2.05) is 20.9 Å². The van der Waals surface area contributed by atoms with Crippen LogP contribution in [0.15, 0.2) is 10.3 Å². The van der Waals surface area contributed by atoms with Gasteiger partial charge in [-0.2, -0.15) is 4.31 Å². The zero-order chi connectivity index (χ0) is 15.9. The summed E-state index contributed by atoms with van der Waals surface area (Å²) >= 11 is 6.48. The number of thiophene rings is 1. The van der Waals surface area contributed by atoms with Crippen LogP contribution in [0, 0.1) is 10.1 Å². The van der Waals surface area contributed by atoms with Gasteiger partial charge in [0, 0.05) is 31.2 Å². The Morgan fingerprint density at radius 3 is 2.33 bits per heavy atom. The molecule has 0 aliphatic carbocycles. The summed E-state index contributed by atoms with van der Waals surface area (Å²) < 4.78 is 26.4. The van der Waals surface area contributed by atoms with Crippen LogP contribution in [0.3, 0.4) is 0 Å². The Hall–Kier alpha value is -0.740. The average Bonchev–Trinajstić information content (AvgIpc) is 2.78. The molecule has 7 nitrogen and oxygen atoms in total. The Morgan fingerprint density at radius 1 is 1.38 bits per heavy atom. The second kappa shape index (κ2) is 5.81. The molecule has 0 aromatic carbocycles. The van der Waals surface area contributed by atoms with E-state index in [2.05, 4.69) is 4.90 Å². The van der Waals surface area contributed by atoms with Gasteiger partial charge in [-0.15, -0.1) is 11.3 Å². The van der Waals surface area contributed by atoms with Crippen molar-refractivity contribution in [1.29, 1.82) is 0 Å². The molecule has 2 unspecified atom stereocenters. The van der Waals surface area contributed by atoms with E-state index >= 15 is 0 Å². The Bertz CT molecular complexity index is 648. The van der Waals surface area contributed by atoms with Crippen molar-refractivity contribution < 1.29 is 13.3 Å². The molecule has 10 heteroatoms. The van der Waals surface area contributed by atoms with E-state index in [4.69, 9.17) is 11.6 Å². The third-order valence-corrected chi connectivity index (χ3v) is 7.38. The van der Waals surface area contributed by atoms with Gasteiger partial charge in [0.1, 0.15) is 4.21 Å². The minimum Gasteiger partial charge on any atom is -0.298 e. The van der Waals surface area contributed by atoms with E-state index in [1.165, 1.54) is 4.31 Å². The number of rotatable bonds is 3. The third kappa shape index (κ3) is 3.07. The number of hydrogen-bond donors (Lipinski definition) is 0. The van der Waals surface area contributed by atoms with Gasteiger partial charge in [0.15, 0.2) is 4.34 Å². The Labute approximate surface area is 132 Å². The molecule has 1 aromatic heterocycles. The summed E-state index contributed by atoms with van der Waals surface area (Å²) in [5, 5.41) is 10.8. The summed E-state index contributed by atoms with van der Waals surface area (Å²) in [5.74, 6) is 0. The van der Waals surface area contributed by atoms with Gasteiger partial charge in [0.25, 0.3) is 15.7 Å². The summed E-state index contributed by atoms with van der Waals surface area (Å²) in [6, 6.07) is 1.19. The third-order valence-electron chi connectivity index (χ3n) is 3.76. The Morgan fingerprint density at radius 2 is 1.90 bits per heavy atom. The van der Waals surface area contributed by atoms with Crippen molar-refractivity contribution >= 4 is 38.6 Å². The van der Waals surface area contributed by atoms with Crippen LogP contribution in [0.2, 0.25) is 4.34 Å². The first-order valence-corrected chi connectivity index (χ1v) is 8.94. The first kappa shape index (κ1) is 16.6. The number of sulfonamides is 1. The fraction of sp³-hybridized carbons (Fsp3) is 0.636. The van der Waals surface area contributed by atoms with Crippen molar-refractivity contribution in [2.24, 2.45) is 0 Å². The molecule has 0 radical (unpaired) electrons.